The van der Waals surface area contributed by atoms with E-state index in [0.717, 1.165) is 33.4 Å². The number of hydrogen-bond acceptors (Lipinski definition) is 18. The molecule has 4 N–H and O–H groups in total. The summed E-state index contributed by atoms with van der Waals surface area (Å²) in [6.07, 6.45) is 7.00. The molecule has 105 heavy (non-hydrogen) atoms. The molecule has 22 nitrogen and oxygen atoms in total. The number of nitrogens with one attached hydrogen (secondary N) is 2. The molecule has 6 aliphatic heterocycles. The Morgan fingerprint density at radius 1 is 0.638 bits per heavy atom. The number of carbonyl (C=O) groups is 8. The van der Waals surface area contributed by atoms with Crippen LogP contribution >= 0.6 is 46.7 Å². The first-order valence-corrected chi connectivity index (χ1v) is 39.2. The Hall–Kier alpha value is -6.12. The maximum atomic E-state index is 14.2. The summed E-state index contributed by atoms with van der Waals surface area (Å²) in [7, 11) is 6.42. The predicted octanol–water partition coefficient (Wildman–Crippen LogP) is 13.1. The lowest BCUT2D eigenvalue weighted by Crippen LogP contribution is -2.60. The van der Waals surface area contributed by atoms with Crippen LogP contribution in [0.25, 0.3) is 0 Å². The molecule has 0 spiro atoms. The number of alkyl carbamates (subject to hydrolysis) is 2. The second-order valence-electron chi connectivity index (χ2n) is 31.4. The summed E-state index contributed by atoms with van der Waals surface area (Å²) in [4.78, 5) is 113. The number of likely N-dealkylation sites (N-methyl/N-ethyl adjacent to an activating group) is 2. The number of aliphatic hydroxyl groups is 2. The summed E-state index contributed by atoms with van der Waals surface area (Å²) >= 11 is 17.0. The van der Waals surface area contributed by atoms with Gasteiger partial charge < -0.3 is 58.2 Å². The first kappa shape index (κ1) is 86.1. The van der Waals surface area contributed by atoms with Crippen LogP contribution in [-0.4, -0.2) is 188 Å². The molecule has 26 heteroatoms. The number of halogens is 2. The molecule has 4 saturated heterocycles. The number of ether oxygens (including phenoxy) is 6. The Morgan fingerprint density at radius 2 is 1.02 bits per heavy atom. The number of thioether (sulfide) groups is 2. The SMILES string of the molecule is C/C1=C\C=C\[C@@H](C)[C@@]2(O)C[C@H](OC(=O)N2)[C@@H](C)[C@@H]2O[C@@]2(C)[C@@H](OC(=O)[C@H](C)N(C)C(=O)CCC(C)(C)SC(C)C)CC(=O)N(C)c2cc(cc(C)c2Cl)C1.C/C1=C\C=C\[C@@H](C)[C@@]2(O)C[C@H](OC(=O)N2)[C@@H](C)[C@@H]2O[C@@]2(C)[C@@H](OC(=O)[C@H](C)N(C)C(=O)CCSC(C)C)CC(=O)N(C)c2cc(cc(C)c2Cl)C1. The van der Waals surface area contributed by atoms with Gasteiger partial charge in [-0.1, -0.05) is 152 Å². The number of amides is 6. The quantitative estimate of drug-likeness (QED) is 0.0732. The highest BCUT2D eigenvalue weighted by Crippen LogP contribution is 2.51. The zero-order valence-electron chi connectivity index (χ0n) is 65.4. The van der Waals surface area contributed by atoms with Gasteiger partial charge in [0.15, 0.2) is 0 Å². The average molecular weight is 1540 g/mol. The molecule has 4 fully saturated rings. The van der Waals surface area contributed by atoms with E-state index in [1.54, 1.807) is 79.4 Å². The number of allylic oxidation sites excluding steroid dienone is 6. The molecule has 8 bridgehead atoms. The van der Waals surface area contributed by atoms with Crippen molar-refractivity contribution >= 4 is 106 Å². The number of anilines is 2. The molecule has 0 aliphatic carbocycles. The Bertz CT molecular complexity index is 3700. The van der Waals surface area contributed by atoms with Crippen molar-refractivity contribution < 1.29 is 77.0 Å². The van der Waals surface area contributed by atoms with Gasteiger partial charge >= 0.3 is 24.1 Å². The Balaban J connectivity index is 0.000000294. The van der Waals surface area contributed by atoms with E-state index < -0.39 is 119 Å². The van der Waals surface area contributed by atoms with Crippen molar-refractivity contribution in [3.63, 3.8) is 0 Å². The standard InChI is InChI=1S/C41H60ClN3O8S.C38H54ClN3O8S/c1-23(2)54-39(8,9)17-16-33(46)44(11)28(7)37(48)52-32-21-34(47)45(12)30-20-29(19-25(4)35(30)42)18-24(3)14-13-15-26(5)41(50)22-31(51-38(49)43-41)27(6)36-40(32,10)53-36;1-21(2)51-15-14-31(43)41(9)26(7)35(45)49-30-19-32(44)42(10)28-18-27(17-23(4)33(28)39)16-22(3)12-11-13-24(5)38(47)20-29(48-36(46)40-38)25(6)34-37(30,8)50-34/h13-15,19-20,23,26-28,31-32,36,50H,16-18,21-22H2,1-12H3,(H,43,49);11-13,17-18,21,24-26,29-30,34,47H,14-16,19-20H2,1-10H3,(H,40,46)/b15-13+,24-14+;13-11+,22-12+/t26-,27-,28+,31+,32+,36+,40+,41+;24-,25-,26+,29+,30+,34+,37+,38+/m11/s1. The molecule has 2 aromatic rings. The number of fused-ring (bicyclic) bond motifs is 10. The van der Waals surface area contributed by atoms with E-state index in [2.05, 4.69) is 52.2 Å². The van der Waals surface area contributed by atoms with Crippen LogP contribution in [0.2, 0.25) is 10.0 Å². The van der Waals surface area contributed by atoms with Gasteiger partial charge in [-0.2, -0.15) is 23.5 Å². The fourth-order valence-corrected chi connectivity index (χ4v) is 16.9. The summed E-state index contributed by atoms with van der Waals surface area (Å²) in [6, 6.07) is 5.86. The molecular formula is C79H114Cl2N6O16S2. The molecule has 0 unspecified atom stereocenters. The third-order valence-electron chi connectivity index (χ3n) is 21.6. The third-order valence-corrected chi connectivity index (χ3v) is 25.0. The molecule has 6 amide bonds. The van der Waals surface area contributed by atoms with Crippen molar-refractivity contribution in [3.8, 4) is 0 Å². The van der Waals surface area contributed by atoms with Crippen LogP contribution in [-0.2, 0) is 70.0 Å². The lowest BCUT2D eigenvalue weighted by atomic mass is 9.82. The molecule has 6 heterocycles. The van der Waals surface area contributed by atoms with E-state index in [0.29, 0.717) is 56.9 Å². The lowest BCUT2D eigenvalue weighted by molar-refractivity contribution is -0.162. The van der Waals surface area contributed by atoms with Crippen LogP contribution < -0.4 is 20.4 Å². The minimum Gasteiger partial charge on any atom is -0.457 e. The van der Waals surface area contributed by atoms with Gasteiger partial charge in [0.25, 0.3) is 0 Å². The summed E-state index contributed by atoms with van der Waals surface area (Å²) < 4.78 is 36.1. The van der Waals surface area contributed by atoms with Gasteiger partial charge in [0.1, 0.15) is 59.2 Å². The van der Waals surface area contributed by atoms with Gasteiger partial charge in [-0.05, 0) is 120 Å². The summed E-state index contributed by atoms with van der Waals surface area (Å²) in [5.74, 6) is -3.66. The highest BCUT2D eigenvalue weighted by atomic mass is 35.5. The number of hydrogen-bond donors (Lipinski definition) is 4. The number of aryl methyl sites for hydroxylation is 2. The van der Waals surface area contributed by atoms with E-state index in [4.69, 9.17) is 51.6 Å². The van der Waals surface area contributed by atoms with Gasteiger partial charge in [0.05, 0.1) is 46.5 Å². The van der Waals surface area contributed by atoms with Gasteiger partial charge in [0.2, 0.25) is 23.6 Å². The van der Waals surface area contributed by atoms with E-state index >= 15 is 0 Å². The Labute approximate surface area is 640 Å². The number of epoxide rings is 2. The smallest absolute Gasteiger partial charge is 0.409 e. The number of nitrogens with zero attached hydrogens (tertiary/aromatic N) is 4. The van der Waals surface area contributed by atoms with Crippen LogP contribution in [0, 0.1) is 37.5 Å². The highest BCUT2D eigenvalue weighted by molar-refractivity contribution is 8.01. The van der Waals surface area contributed by atoms with E-state index in [9.17, 15) is 48.6 Å². The molecular weight excluding hydrogens is 1420 g/mol. The molecule has 16 atom stereocenters. The molecule has 6 aliphatic rings. The van der Waals surface area contributed by atoms with Crippen molar-refractivity contribution in [3.05, 3.63) is 104 Å². The fourth-order valence-electron chi connectivity index (χ4n) is 14.2. The molecule has 2 aromatic carbocycles. The lowest BCUT2D eigenvalue weighted by Gasteiger charge is -2.41. The Kier molecular flexibility index (Phi) is 28.8. The monoisotopic (exact) mass is 1540 g/mol. The fraction of sp³-hybridized carbons (Fsp3) is 0.646. The summed E-state index contributed by atoms with van der Waals surface area (Å²) in [5, 5.41) is 30.2. The van der Waals surface area contributed by atoms with Crippen LogP contribution in [0.5, 0.6) is 0 Å². The van der Waals surface area contributed by atoms with Crippen LogP contribution in [0.4, 0.5) is 21.0 Å². The van der Waals surface area contributed by atoms with Crippen molar-refractivity contribution in [2.45, 2.75) is 269 Å². The van der Waals surface area contributed by atoms with Gasteiger partial charge in [-0.15, -0.1) is 0 Å². The summed E-state index contributed by atoms with van der Waals surface area (Å²) in [6.45, 7) is 34.4. The molecule has 0 saturated carbocycles. The first-order valence-electron chi connectivity index (χ1n) is 36.5. The van der Waals surface area contributed by atoms with Crippen molar-refractivity contribution in [1.29, 1.82) is 0 Å². The van der Waals surface area contributed by atoms with E-state index in [1.165, 1.54) is 19.6 Å². The Morgan fingerprint density at radius 3 is 1.39 bits per heavy atom. The molecule has 582 valence electrons. The van der Waals surface area contributed by atoms with E-state index in [1.807, 2.05) is 116 Å². The second kappa shape index (κ2) is 35.1. The number of rotatable bonds is 15. The minimum atomic E-state index is -1.59. The average Bonchev–Trinajstić information content (AvgIpc) is 1.58. The second-order valence-corrected chi connectivity index (χ2v) is 36.1. The largest absolute Gasteiger partial charge is 0.457 e. The van der Waals surface area contributed by atoms with Gasteiger partial charge in [-0.3, -0.25) is 29.8 Å². The van der Waals surface area contributed by atoms with Crippen molar-refractivity contribution in [2.75, 3.05) is 43.7 Å². The van der Waals surface area contributed by atoms with Gasteiger partial charge in [0, 0.05) is 88.0 Å². The van der Waals surface area contributed by atoms with E-state index in [-0.39, 0.29) is 66.9 Å². The van der Waals surface area contributed by atoms with Gasteiger partial charge in [-0.25, -0.2) is 19.2 Å². The topological polar surface area (TPSA) is 276 Å². The summed E-state index contributed by atoms with van der Waals surface area (Å²) in [5.41, 5.74) is 1.12. The number of esters is 2. The van der Waals surface area contributed by atoms with Crippen molar-refractivity contribution in [1.82, 2.24) is 20.4 Å². The number of carbonyl (C=O) groups excluding carboxylic acids is 8. The minimum absolute atomic E-state index is 0.0796. The van der Waals surface area contributed by atoms with Crippen LogP contribution in [0.3, 0.4) is 0 Å². The molecule has 8 rings (SSSR count). The maximum Gasteiger partial charge on any atom is 0.409 e. The highest BCUT2D eigenvalue weighted by Gasteiger charge is 2.66. The first-order chi connectivity index (χ1) is 48.7. The molecule has 0 aromatic heterocycles. The number of benzene rings is 2. The van der Waals surface area contributed by atoms with Crippen LogP contribution in [0.15, 0.2) is 71.9 Å². The maximum absolute atomic E-state index is 14.2. The molecule has 0 radical (unpaired) electrons. The zero-order valence-corrected chi connectivity index (χ0v) is 68.5. The normalized spacial score (nSPS) is 31.7. The van der Waals surface area contributed by atoms with Crippen molar-refractivity contribution in [2.24, 2.45) is 23.7 Å². The zero-order chi connectivity index (χ0) is 78.5. The van der Waals surface area contributed by atoms with Crippen LogP contribution in [0.1, 0.15) is 178 Å². The predicted molar refractivity (Wildman–Crippen MR) is 413 cm³/mol. The third kappa shape index (κ3) is 21.4.